The van der Waals surface area contributed by atoms with Crippen molar-refractivity contribution >= 4 is 5.97 Å². The second-order valence-electron chi connectivity index (χ2n) is 4.49. The highest BCUT2D eigenvalue weighted by molar-refractivity contribution is 5.66. The fourth-order valence-electron chi connectivity index (χ4n) is 1.63. The molecular weight excluding hydrogens is 232 g/mol. The first kappa shape index (κ1) is 17.4. The van der Waals surface area contributed by atoms with Crippen LogP contribution in [-0.4, -0.2) is 37.5 Å². The van der Waals surface area contributed by atoms with E-state index in [0.717, 1.165) is 13.0 Å². The number of unbranched alkanes of at least 4 members (excludes halogenated alkanes) is 5. The molecule has 0 radical (unpaired) electrons. The molecule has 0 aliphatic rings. The molecule has 1 N–H and O–H groups in total. The van der Waals surface area contributed by atoms with E-state index in [9.17, 15) is 4.79 Å². The summed E-state index contributed by atoms with van der Waals surface area (Å²) < 4.78 is 10.7. The maximum atomic E-state index is 10.2. The van der Waals surface area contributed by atoms with E-state index in [0.29, 0.717) is 26.2 Å². The molecule has 0 spiro atoms. The van der Waals surface area contributed by atoms with Gasteiger partial charge in [-0.15, -0.1) is 0 Å². The van der Waals surface area contributed by atoms with Crippen molar-refractivity contribution in [2.75, 3.05) is 26.4 Å². The Morgan fingerprint density at radius 1 is 0.833 bits per heavy atom. The van der Waals surface area contributed by atoms with Crippen molar-refractivity contribution in [1.82, 2.24) is 0 Å². The van der Waals surface area contributed by atoms with Crippen molar-refractivity contribution < 1.29 is 19.4 Å². The van der Waals surface area contributed by atoms with Crippen LogP contribution in [0.1, 0.15) is 58.3 Å². The highest BCUT2D eigenvalue weighted by atomic mass is 16.5. The number of carboxylic acids is 1. The first-order chi connectivity index (χ1) is 8.77. The first-order valence-corrected chi connectivity index (χ1v) is 7.14. The van der Waals surface area contributed by atoms with Gasteiger partial charge in [-0.3, -0.25) is 4.79 Å². The van der Waals surface area contributed by atoms with Crippen LogP contribution >= 0.6 is 0 Å². The van der Waals surface area contributed by atoms with Gasteiger partial charge in [-0.25, -0.2) is 0 Å². The quantitative estimate of drug-likeness (QED) is 0.487. The van der Waals surface area contributed by atoms with Crippen molar-refractivity contribution in [2.45, 2.75) is 58.3 Å². The minimum absolute atomic E-state index is 0.179. The van der Waals surface area contributed by atoms with E-state index in [1.165, 1.54) is 32.1 Å². The van der Waals surface area contributed by atoms with Crippen LogP contribution in [0.2, 0.25) is 0 Å². The smallest absolute Gasteiger partial charge is 0.303 e. The lowest BCUT2D eigenvalue weighted by Crippen LogP contribution is -2.07. The SMILES string of the molecule is CCCCCCCCOCCOCCCC(=O)O. The first-order valence-electron chi connectivity index (χ1n) is 7.14. The number of carbonyl (C=O) groups is 1. The summed E-state index contributed by atoms with van der Waals surface area (Å²) in [5.74, 6) is -0.766. The minimum Gasteiger partial charge on any atom is -0.481 e. The molecule has 0 saturated carbocycles. The Morgan fingerprint density at radius 2 is 1.39 bits per heavy atom. The van der Waals surface area contributed by atoms with Crippen molar-refractivity contribution in [2.24, 2.45) is 0 Å². The van der Waals surface area contributed by atoms with Gasteiger partial charge in [0.1, 0.15) is 0 Å². The van der Waals surface area contributed by atoms with Crippen LogP contribution in [0.4, 0.5) is 0 Å². The fraction of sp³-hybridized carbons (Fsp3) is 0.929. The molecule has 0 unspecified atom stereocenters. The number of aliphatic carboxylic acids is 1. The summed E-state index contributed by atoms with van der Waals surface area (Å²) in [4.78, 5) is 10.2. The van der Waals surface area contributed by atoms with Crippen LogP contribution in [0.5, 0.6) is 0 Å². The Labute approximate surface area is 111 Å². The topological polar surface area (TPSA) is 55.8 Å². The molecule has 0 aromatic rings. The molecule has 0 amide bonds. The zero-order valence-corrected chi connectivity index (χ0v) is 11.7. The van der Waals surface area contributed by atoms with Gasteiger partial charge in [-0.05, 0) is 12.8 Å². The Kier molecular flexibility index (Phi) is 14.0. The molecule has 0 fully saturated rings. The molecule has 0 aromatic carbocycles. The fourth-order valence-corrected chi connectivity index (χ4v) is 1.63. The van der Waals surface area contributed by atoms with E-state index < -0.39 is 5.97 Å². The summed E-state index contributed by atoms with van der Waals surface area (Å²) in [5.41, 5.74) is 0. The Morgan fingerprint density at radius 3 is 2.00 bits per heavy atom. The lowest BCUT2D eigenvalue weighted by atomic mass is 10.1. The molecule has 0 atom stereocenters. The summed E-state index contributed by atoms with van der Waals surface area (Å²) in [6, 6.07) is 0. The average Bonchev–Trinajstić information content (AvgIpc) is 2.34. The van der Waals surface area contributed by atoms with Crippen molar-refractivity contribution in [3.05, 3.63) is 0 Å². The second-order valence-corrected chi connectivity index (χ2v) is 4.49. The summed E-state index contributed by atoms with van der Waals surface area (Å²) in [5, 5.41) is 8.41. The number of carboxylic acid groups (broad SMARTS) is 1. The molecule has 0 rings (SSSR count). The number of rotatable bonds is 14. The lowest BCUT2D eigenvalue weighted by molar-refractivity contribution is -0.137. The molecular formula is C14H28O4. The van der Waals surface area contributed by atoms with E-state index in [1.54, 1.807) is 0 Å². The zero-order valence-electron chi connectivity index (χ0n) is 11.7. The Bertz CT molecular complexity index is 183. The van der Waals surface area contributed by atoms with Crippen molar-refractivity contribution in [1.29, 1.82) is 0 Å². The van der Waals surface area contributed by atoms with Crippen LogP contribution in [0, 0.1) is 0 Å². The molecule has 0 saturated heterocycles. The van der Waals surface area contributed by atoms with E-state index in [-0.39, 0.29) is 6.42 Å². The molecule has 4 heteroatoms. The third-order valence-corrected chi connectivity index (χ3v) is 2.69. The van der Waals surface area contributed by atoms with Gasteiger partial charge in [0.05, 0.1) is 13.2 Å². The zero-order chi connectivity index (χ0) is 13.5. The standard InChI is InChI=1S/C14H28O4/c1-2-3-4-5-6-7-10-17-12-13-18-11-8-9-14(15)16/h2-13H2,1H3,(H,15,16). The molecule has 0 aromatic heterocycles. The van der Waals surface area contributed by atoms with Gasteiger partial charge >= 0.3 is 5.97 Å². The van der Waals surface area contributed by atoms with Crippen LogP contribution in [0.25, 0.3) is 0 Å². The van der Waals surface area contributed by atoms with Gasteiger partial charge in [0.15, 0.2) is 0 Å². The second kappa shape index (κ2) is 14.5. The molecule has 0 aliphatic carbocycles. The maximum absolute atomic E-state index is 10.2. The minimum atomic E-state index is -0.766. The lowest BCUT2D eigenvalue weighted by Gasteiger charge is -2.05. The summed E-state index contributed by atoms with van der Waals surface area (Å²) >= 11 is 0. The third kappa shape index (κ3) is 15.4. The molecule has 0 heterocycles. The van der Waals surface area contributed by atoms with Crippen molar-refractivity contribution in [3.63, 3.8) is 0 Å². The predicted octanol–water partition coefficient (Wildman–Crippen LogP) is 3.24. The molecule has 4 nitrogen and oxygen atoms in total. The highest BCUT2D eigenvalue weighted by Crippen LogP contribution is 2.04. The van der Waals surface area contributed by atoms with Crippen molar-refractivity contribution in [3.8, 4) is 0 Å². The largest absolute Gasteiger partial charge is 0.481 e. The van der Waals surface area contributed by atoms with Crippen LogP contribution in [0.15, 0.2) is 0 Å². The molecule has 0 aliphatic heterocycles. The molecule has 0 bridgehead atoms. The van der Waals surface area contributed by atoms with Gasteiger partial charge < -0.3 is 14.6 Å². The van der Waals surface area contributed by atoms with E-state index in [4.69, 9.17) is 14.6 Å². The number of hydrogen-bond acceptors (Lipinski definition) is 3. The number of hydrogen-bond donors (Lipinski definition) is 1. The Hall–Kier alpha value is -0.610. The van der Waals surface area contributed by atoms with Crippen LogP contribution in [0.3, 0.4) is 0 Å². The van der Waals surface area contributed by atoms with Crippen LogP contribution < -0.4 is 0 Å². The van der Waals surface area contributed by atoms with Gasteiger partial charge in [0.2, 0.25) is 0 Å². The predicted molar refractivity (Wildman–Crippen MR) is 71.9 cm³/mol. The van der Waals surface area contributed by atoms with Crippen LogP contribution in [-0.2, 0) is 14.3 Å². The molecule has 108 valence electrons. The number of ether oxygens (including phenoxy) is 2. The van der Waals surface area contributed by atoms with Gasteiger partial charge in [0, 0.05) is 19.6 Å². The Balaban J connectivity index is 2.92. The van der Waals surface area contributed by atoms with Gasteiger partial charge in [0.25, 0.3) is 0 Å². The monoisotopic (exact) mass is 260 g/mol. The third-order valence-electron chi connectivity index (χ3n) is 2.69. The van der Waals surface area contributed by atoms with E-state index in [1.807, 2.05) is 0 Å². The normalized spacial score (nSPS) is 10.7. The van der Waals surface area contributed by atoms with E-state index >= 15 is 0 Å². The van der Waals surface area contributed by atoms with Gasteiger partial charge in [-0.2, -0.15) is 0 Å². The summed E-state index contributed by atoms with van der Waals surface area (Å²) in [7, 11) is 0. The maximum Gasteiger partial charge on any atom is 0.303 e. The highest BCUT2D eigenvalue weighted by Gasteiger charge is 1.96. The summed E-state index contributed by atoms with van der Waals surface area (Å²) in [6.45, 7) is 4.72. The molecule has 18 heavy (non-hydrogen) atoms. The van der Waals surface area contributed by atoms with E-state index in [2.05, 4.69) is 6.92 Å². The average molecular weight is 260 g/mol. The van der Waals surface area contributed by atoms with Gasteiger partial charge in [-0.1, -0.05) is 39.0 Å². The summed E-state index contributed by atoms with van der Waals surface area (Å²) in [6.07, 6.45) is 8.40.